The summed E-state index contributed by atoms with van der Waals surface area (Å²) in [7, 11) is 0. The molecule has 1 saturated heterocycles. The third kappa shape index (κ3) is 4.08. The number of alkyl halides is 3. The zero-order chi connectivity index (χ0) is 16.3. The van der Waals surface area contributed by atoms with Crippen LogP contribution in [0.15, 0.2) is 18.2 Å². The molecule has 1 atom stereocenters. The largest absolute Gasteiger partial charge is 0.481 e. The number of rotatable bonds is 3. The standard InChI is InChI=1S/C14H14F5NO2/c15-10-3-4-11(16)12(6-10)22-8-13(21)20-5-1-2-9(7-20)14(17,18)19/h3-4,6,9H,1-2,5,7-8H2/t9-/m0/s1. The highest BCUT2D eigenvalue weighted by Crippen LogP contribution is 2.33. The molecule has 1 fully saturated rings. The van der Waals surface area contributed by atoms with Crippen LogP contribution < -0.4 is 4.74 Å². The molecule has 8 heteroatoms. The van der Waals surface area contributed by atoms with E-state index in [2.05, 4.69) is 0 Å². The molecule has 0 unspecified atom stereocenters. The minimum absolute atomic E-state index is 0.0212. The number of nitrogens with zero attached hydrogens (tertiary/aromatic N) is 1. The molecule has 0 N–H and O–H groups in total. The average Bonchev–Trinajstić information content (AvgIpc) is 2.47. The fraction of sp³-hybridized carbons (Fsp3) is 0.500. The Kier molecular flexibility index (Phi) is 4.87. The predicted octanol–water partition coefficient (Wildman–Crippen LogP) is 3.14. The Morgan fingerprint density at radius 2 is 2.05 bits per heavy atom. The summed E-state index contributed by atoms with van der Waals surface area (Å²) >= 11 is 0. The lowest BCUT2D eigenvalue weighted by Crippen LogP contribution is -2.46. The number of piperidine rings is 1. The highest BCUT2D eigenvalue weighted by Gasteiger charge is 2.42. The summed E-state index contributed by atoms with van der Waals surface area (Å²) in [5.74, 6) is -4.27. The van der Waals surface area contributed by atoms with Crippen LogP contribution in [0.1, 0.15) is 12.8 Å². The maximum Gasteiger partial charge on any atom is 0.393 e. The normalized spacial score (nSPS) is 19.1. The van der Waals surface area contributed by atoms with Gasteiger partial charge in [-0.1, -0.05) is 0 Å². The molecule has 1 aliphatic rings. The van der Waals surface area contributed by atoms with Crippen molar-refractivity contribution < 1.29 is 31.5 Å². The number of ether oxygens (including phenoxy) is 1. The van der Waals surface area contributed by atoms with Gasteiger partial charge < -0.3 is 9.64 Å². The number of carbonyl (C=O) groups excluding carboxylic acids is 1. The van der Waals surface area contributed by atoms with E-state index in [4.69, 9.17) is 4.74 Å². The van der Waals surface area contributed by atoms with Gasteiger partial charge in [-0.05, 0) is 25.0 Å². The van der Waals surface area contributed by atoms with E-state index in [-0.39, 0.29) is 19.4 Å². The minimum atomic E-state index is -4.35. The predicted molar refractivity (Wildman–Crippen MR) is 67.2 cm³/mol. The maximum absolute atomic E-state index is 13.3. The number of amides is 1. The van der Waals surface area contributed by atoms with Crippen LogP contribution in [-0.4, -0.2) is 36.7 Å². The molecule has 122 valence electrons. The van der Waals surface area contributed by atoms with E-state index in [0.29, 0.717) is 0 Å². The first-order valence-electron chi connectivity index (χ1n) is 6.69. The molecule has 3 nitrogen and oxygen atoms in total. The average molecular weight is 323 g/mol. The Bertz CT molecular complexity index is 547. The van der Waals surface area contributed by atoms with E-state index < -0.39 is 48.5 Å². The van der Waals surface area contributed by atoms with Crippen LogP contribution in [0, 0.1) is 17.6 Å². The second-order valence-electron chi connectivity index (χ2n) is 5.08. The Morgan fingerprint density at radius 3 is 2.73 bits per heavy atom. The van der Waals surface area contributed by atoms with Gasteiger partial charge in [0.2, 0.25) is 0 Å². The molecule has 1 aromatic rings. The third-order valence-electron chi connectivity index (χ3n) is 3.48. The Balaban J connectivity index is 1.93. The molecular weight excluding hydrogens is 309 g/mol. The number of halogens is 5. The van der Waals surface area contributed by atoms with Crippen LogP contribution in [0.3, 0.4) is 0 Å². The van der Waals surface area contributed by atoms with Gasteiger partial charge in [0.05, 0.1) is 5.92 Å². The molecule has 1 aliphatic heterocycles. The fourth-order valence-electron chi connectivity index (χ4n) is 2.29. The summed E-state index contributed by atoms with van der Waals surface area (Å²) in [6, 6.07) is 2.51. The first-order valence-corrected chi connectivity index (χ1v) is 6.69. The van der Waals surface area contributed by atoms with Crippen molar-refractivity contribution in [2.75, 3.05) is 19.7 Å². The summed E-state index contributed by atoms with van der Waals surface area (Å²) in [4.78, 5) is 12.9. The maximum atomic E-state index is 13.3. The second-order valence-corrected chi connectivity index (χ2v) is 5.08. The summed E-state index contributed by atoms with van der Waals surface area (Å²) in [5.41, 5.74) is 0. The molecule has 1 aromatic carbocycles. The number of hydrogen-bond acceptors (Lipinski definition) is 2. The summed E-state index contributed by atoms with van der Waals surface area (Å²) in [5, 5.41) is 0. The van der Waals surface area contributed by atoms with Crippen molar-refractivity contribution in [3.63, 3.8) is 0 Å². The van der Waals surface area contributed by atoms with Gasteiger partial charge >= 0.3 is 6.18 Å². The fourth-order valence-corrected chi connectivity index (χ4v) is 2.29. The molecule has 0 spiro atoms. The van der Waals surface area contributed by atoms with E-state index in [0.717, 1.165) is 23.1 Å². The third-order valence-corrected chi connectivity index (χ3v) is 3.48. The lowest BCUT2D eigenvalue weighted by Gasteiger charge is -2.33. The molecule has 0 radical (unpaired) electrons. The van der Waals surface area contributed by atoms with Gasteiger partial charge in [0.25, 0.3) is 5.91 Å². The summed E-state index contributed by atoms with van der Waals surface area (Å²) in [6.45, 7) is -0.872. The lowest BCUT2D eigenvalue weighted by molar-refractivity contribution is -0.188. The summed E-state index contributed by atoms with van der Waals surface area (Å²) in [6.07, 6.45) is -4.13. The molecule has 1 amide bonds. The highest BCUT2D eigenvalue weighted by atomic mass is 19.4. The van der Waals surface area contributed by atoms with Gasteiger partial charge in [-0.15, -0.1) is 0 Å². The minimum Gasteiger partial charge on any atom is -0.481 e. The van der Waals surface area contributed by atoms with Crippen molar-refractivity contribution in [1.29, 1.82) is 0 Å². The van der Waals surface area contributed by atoms with Crippen LogP contribution in [0.25, 0.3) is 0 Å². The zero-order valence-electron chi connectivity index (χ0n) is 11.5. The van der Waals surface area contributed by atoms with Crippen LogP contribution in [0.2, 0.25) is 0 Å². The van der Waals surface area contributed by atoms with Gasteiger partial charge in [-0.25, -0.2) is 8.78 Å². The van der Waals surface area contributed by atoms with Crippen molar-refractivity contribution >= 4 is 5.91 Å². The van der Waals surface area contributed by atoms with Crippen molar-refractivity contribution in [3.8, 4) is 5.75 Å². The topological polar surface area (TPSA) is 29.5 Å². The van der Waals surface area contributed by atoms with Gasteiger partial charge in [0, 0.05) is 19.2 Å². The smallest absolute Gasteiger partial charge is 0.393 e. The molecule has 0 aromatic heterocycles. The Hall–Kier alpha value is -1.86. The summed E-state index contributed by atoms with van der Waals surface area (Å²) < 4.78 is 69.1. The number of benzene rings is 1. The second kappa shape index (κ2) is 6.50. The van der Waals surface area contributed by atoms with Gasteiger partial charge in [0.15, 0.2) is 18.2 Å². The molecule has 0 saturated carbocycles. The molecule has 1 heterocycles. The Morgan fingerprint density at radius 1 is 1.32 bits per heavy atom. The van der Waals surface area contributed by atoms with Crippen LogP contribution in [0.5, 0.6) is 5.75 Å². The molecule has 0 aliphatic carbocycles. The van der Waals surface area contributed by atoms with Crippen molar-refractivity contribution in [2.45, 2.75) is 19.0 Å². The van der Waals surface area contributed by atoms with E-state index in [1.165, 1.54) is 0 Å². The molecular formula is C14H14F5NO2. The molecule has 22 heavy (non-hydrogen) atoms. The van der Waals surface area contributed by atoms with Gasteiger partial charge in [0.1, 0.15) is 5.82 Å². The van der Waals surface area contributed by atoms with E-state index in [9.17, 15) is 26.7 Å². The van der Waals surface area contributed by atoms with Gasteiger partial charge in [-0.3, -0.25) is 4.79 Å². The van der Waals surface area contributed by atoms with Crippen molar-refractivity contribution in [1.82, 2.24) is 4.90 Å². The first-order chi connectivity index (χ1) is 10.3. The van der Waals surface area contributed by atoms with Crippen molar-refractivity contribution in [3.05, 3.63) is 29.8 Å². The highest BCUT2D eigenvalue weighted by molar-refractivity contribution is 5.77. The number of hydrogen-bond donors (Lipinski definition) is 0. The number of likely N-dealkylation sites (tertiary alicyclic amines) is 1. The molecule has 2 rings (SSSR count). The first kappa shape index (κ1) is 16.5. The van der Waals surface area contributed by atoms with E-state index >= 15 is 0 Å². The Labute approximate surface area is 123 Å². The SMILES string of the molecule is O=C(COc1cc(F)ccc1F)N1CCC[C@H](C(F)(F)F)C1. The van der Waals surface area contributed by atoms with E-state index in [1.807, 2.05) is 0 Å². The lowest BCUT2D eigenvalue weighted by atomic mass is 9.97. The van der Waals surface area contributed by atoms with Crippen LogP contribution in [-0.2, 0) is 4.79 Å². The van der Waals surface area contributed by atoms with Gasteiger partial charge in [-0.2, -0.15) is 13.2 Å². The quantitative estimate of drug-likeness (QED) is 0.800. The van der Waals surface area contributed by atoms with Crippen LogP contribution in [0.4, 0.5) is 22.0 Å². The number of carbonyl (C=O) groups is 1. The zero-order valence-corrected chi connectivity index (χ0v) is 11.5. The van der Waals surface area contributed by atoms with Crippen LogP contribution >= 0.6 is 0 Å². The molecule has 0 bridgehead atoms. The van der Waals surface area contributed by atoms with E-state index in [1.54, 1.807) is 0 Å². The monoisotopic (exact) mass is 323 g/mol. The van der Waals surface area contributed by atoms with Crippen molar-refractivity contribution in [2.24, 2.45) is 5.92 Å².